The monoisotopic (exact) mass is 303 g/mol. The topological polar surface area (TPSA) is 84.2 Å². The van der Waals surface area contributed by atoms with E-state index in [1.54, 1.807) is 6.20 Å². The molecule has 1 aromatic heterocycles. The number of hydrogen-bond acceptors (Lipinski definition) is 4. The van der Waals surface area contributed by atoms with Crippen LogP contribution in [0, 0.1) is 6.92 Å². The minimum atomic E-state index is -3.50. The van der Waals surface area contributed by atoms with E-state index in [0.29, 0.717) is 6.54 Å². The van der Waals surface area contributed by atoms with E-state index in [1.165, 1.54) is 0 Å². The number of aliphatic hydroxyl groups is 1. The van der Waals surface area contributed by atoms with Crippen LogP contribution in [0.4, 0.5) is 0 Å². The van der Waals surface area contributed by atoms with Gasteiger partial charge in [-0.2, -0.15) is 0 Å². The first-order valence-electron chi connectivity index (χ1n) is 7.15. The fourth-order valence-corrected chi connectivity index (χ4v) is 3.03. The first-order valence-corrected chi connectivity index (χ1v) is 8.64. The van der Waals surface area contributed by atoms with E-state index in [0.717, 1.165) is 44.5 Å². The number of imidazole rings is 1. The Morgan fingerprint density at radius 3 is 2.65 bits per heavy atom. The molecule has 1 heterocycles. The lowest BCUT2D eigenvalue weighted by Gasteiger charge is -2.04. The average molecular weight is 303 g/mol. The Hall–Kier alpha value is -0.920. The molecule has 7 heteroatoms. The Morgan fingerprint density at radius 2 is 2.00 bits per heavy atom. The molecule has 0 amide bonds. The van der Waals surface area contributed by atoms with Crippen molar-refractivity contribution in [2.45, 2.75) is 57.5 Å². The summed E-state index contributed by atoms with van der Waals surface area (Å²) in [7, 11) is -3.50. The summed E-state index contributed by atoms with van der Waals surface area (Å²) in [6, 6.07) is 0. The summed E-state index contributed by atoms with van der Waals surface area (Å²) in [5, 5.41) is 8.75. The minimum Gasteiger partial charge on any atom is -0.396 e. The molecule has 0 radical (unpaired) electrons. The van der Waals surface area contributed by atoms with E-state index in [9.17, 15) is 8.42 Å². The first-order chi connectivity index (χ1) is 9.51. The standard InChI is InChI=1S/C13H25N3O3S/c1-3-9-16-11-13(15-12(16)2)20(18,19)14-8-6-4-5-7-10-17/h11,14,17H,3-10H2,1-2H3. The van der Waals surface area contributed by atoms with Crippen molar-refractivity contribution in [2.75, 3.05) is 13.2 Å². The van der Waals surface area contributed by atoms with Crippen molar-refractivity contribution in [3.63, 3.8) is 0 Å². The number of aromatic nitrogens is 2. The molecule has 0 aromatic carbocycles. The fraction of sp³-hybridized carbons (Fsp3) is 0.769. The van der Waals surface area contributed by atoms with Crippen molar-refractivity contribution in [1.82, 2.24) is 14.3 Å². The van der Waals surface area contributed by atoms with Crippen LogP contribution in [0.2, 0.25) is 0 Å². The van der Waals surface area contributed by atoms with E-state index < -0.39 is 10.0 Å². The highest BCUT2D eigenvalue weighted by atomic mass is 32.2. The lowest BCUT2D eigenvalue weighted by molar-refractivity contribution is 0.282. The third kappa shape index (κ3) is 5.22. The van der Waals surface area contributed by atoms with Crippen LogP contribution in [0.1, 0.15) is 44.9 Å². The van der Waals surface area contributed by atoms with Crippen molar-refractivity contribution in [3.8, 4) is 0 Å². The molecule has 0 saturated heterocycles. The first kappa shape index (κ1) is 17.1. The maximum atomic E-state index is 12.1. The molecular formula is C13H25N3O3S. The predicted octanol–water partition coefficient (Wildman–Crippen LogP) is 1.43. The molecule has 0 aliphatic heterocycles. The second-order valence-electron chi connectivity index (χ2n) is 4.86. The molecule has 0 atom stereocenters. The van der Waals surface area contributed by atoms with Gasteiger partial charge in [0.05, 0.1) is 0 Å². The number of nitrogens with zero attached hydrogens (tertiary/aromatic N) is 2. The molecule has 1 aromatic rings. The molecule has 2 N–H and O–H groups in total. The number of aryl methyl sites for hydroxylation is 2. The second kappa shape index (κ2) is 8.39. The number of nitrogens with one attached hydrogen (secondary N) is 1. The van der Waals surface area contributed by atoms with Gasteiger partial charge in [0.2, 0.25) is 0 Å². The van der Waals surface area contributed by atoms with Crippen molar-refractivity contribution < 1.29 is 13.5 Å². The molecule has 0 unspecified atom stereocenters. The molecule has 0 aliphatic carbocycles. The zero-order chi connectivity index (χ0) is 15.0. The maximum Gasteiger partial charge on any atom is 0.259 e. The molecular weight excluding hydrogens is 278 g/mol. The van der Waals surface area contributed by atoms with Gasteiger partial charge in [-0.25, -0.2) is 18.1 Å². The van der Waals surface area contributed by atoms with Crippen LogP contribution < -0.4 is 4.72 Å². The van der Waals surface area contributed by atoms with Gasteiger partial charge in [-0.05, 0) is 26.2 Å². The van der Waals surface area contributed by atoms with Gasteiger partial charge in [0.25, 0.3) is 10.0 Å². The van der Waals surface area contributed by atoms with Gasteiger partial charge in [-0.15, -0.1) is 0 Å². The van der Waals surface area contributed by atoms with Gasteiger partial charge >= 0.3 is 0 Å². The average Bonchev–Trinajstić information content (AvgIpc) is 2.77. The van der Waals surface area contributed by atoms with Crippen LogP contribution in [0.5, 0.6) is 0 Å². The van der Waals surface area contributed by atoms with Crippen LogP contribution in [0.15, 0.2) is 11.2 Å². The zero-order valence-corrected chi connectivity index (χ0v) is 13.1. The Bertz CT molecular complexity index is 497. The molecule has 0 fully saturated rings. The summed E-state index contributed by atoms with van der Waals surface area (Å²) in [5.74, 6) is 0.718. The normalized spacial score (nSPS) is 11.9. The third-order valence-electron chi connectivity index (χ3n) is 3.07. The van der Waals surface area contributed by atoms with E-state index in [4.69, 9.17) is 5.11 Å². The predicted molar refractivity (Wildman–Crippen MR) is 78.0 cm³/mol. The molecule has 0 aliphatic rings. The molecule has 0 spiro atoms. The van der Waals surface area contributed by atoms with Crippen LogP contribution in [-0.4, -0.2) is 36.2 Å². The van der Waals surface area contributed by atoms with Crippen LogP contribution >= 0.6 is 0 Å². The fourth-order valence-electron chi connectivity index (χ4n) is 1.95. The molecule has 0 bridgehead atoms. The molecule has 20 heavy (non-hydrogen) atoms. The summed E-state index contributed by atoms with van der Waals surface area (Å²) in [5.41, 5.74) is 0. The molecule has 116 valence electrons. The van der Waals surface area contributed by atoms with E-state index >= 15 is 0 Å². The number of rotatable bonds is 10. The van der Waals surface area contributed by atoms with Gasteiger partial charge in [0.1, 0.15) is 5.82 Å². The summed E-state index contributed by atoms with van der Waals surface area (Å²) in [6.07, 6.45) is 5.90. The number of aliphatic hydroxyl groups excluding tert-OH is 1. The molecule has 0 saturated carbocycles. The highest BCUT2D eigenvalue weighted by molar-refractivity contribution is 7.89. The lowest BCUT2D eigenvalue weighted by atomic mass is 10.2. The quantitative estimate of drug-likeness (QED) is 0.640. The van der Waals surface area contributed by atoms with Crippen molar-refractivity contribution >= 4 is 10.0 Å². The van der Waals surface area contributed by atoms with Gasteiger partial charge < -0.3 is 9.67 Å². The van der Waals surface area contributed by atoms with Crippen LogP contribution in [0.25, 0.3) is 0 Å². The largest absolute Gasteiger partial charge is 0.396 e. The highest BCUT2D eigenvalue weighted by Crippen LogP contribution is 2.10. The van der Waals surface area contributed by atoms with Crippen molar-refractivity contribution in [2.24, 2.45) is 0 Å². The third-order valence-corrected chi connectivity index (χ3v) is 4.40. The van der Waals surface area contributed by atoms with Crippen LogP contribution in [0.3, 0.4) is 0 Å². The number of unbranched alkanes of at least 4 members (excludes halogenated alkanes) is 3. The Morgan fingerprint density at radius 1 is 1.30 bits per heavy atom. The van der Waals surface area contributed by atoms with Crippen LogP contribution in [-0.2, 0) is 16.6 Å². The van der Waals surface area contributed by atoms with Crippen molar-refractivity contribution in [3.05, 3.63) is 12.0 Å². The Kier molecular flexibility index (Phi) is 7.18. The summed E-state index contributed by atoms with van der Waals surface area (Å²) >= 11 is 0. The second-order valence-corrected chi connectivity index (χ2v) is 6.57. The maximum absolute atomic E-state index is 12.1. The molecule has 1 rings (SSSR count). The summed E-state index contributed by atoms with van der Waals surface area (Å²) < 4.78 is 28.6. The van der Waals surface area contributed by atoms with Gasteiger partial charge in [-0.3, -0.25) is 0 Å². The lowest BCUT2D eigenvalue weighted by Crippen LogP contribution is -2.25. The Labute approximate surface area is 121 Å². The van der Waals surface area contributed by atoms with E-state index in [-0.39, 0.29) is 11.6 Å². The summed E-state index contributed by atoms with van der Waals surface area (Å²) in [4.78, 5) is 4.11. The smallest absolute Gasteiger partial charge is 0.259 e. The summed E-state index contributed by atoms with van der Waals surface area (Å²) in [6.45, 7) is 5.23. The highest BCUT2D eigenvalue weighted by Gasteiger charge is 2.18. The van der Waals surface area contributed by atoms with Crippen molar-refractivity contribution in [1.29, 1.82) is 0 Å². The van der Waals surface area contributed by atoms with Gasteiger partial charge in [0.15, 0.2) is 5.03 Å². The van der Waals surface area contributed by atoms with E-state index in [1.807, 2.05) is 18.4 Å². The minimum absolute atomic E-state index is 0.0961. The molecule has 6 nitrogen and oxygen atoms in total. The SMILES string of the molecule is CCCn1cc(S(=O)(=O)NCCCCCCO)nc1C. The van der Waals surface area contributed by atoms with Gasteiger partial charge in [-0.1, -0.05) is 19.8 Å². The Balaban J connectivity index is 2.49. The van der Waals surface area contributed by atoms with Gasteiger partial charge in [0, 0.05) is 25.9 Å². The number of hydrogen-bond donors (Lipinski definition) is 2. The zero-order valence-electron chi connectivity index (χ0n) is 12.3. The number of sulfonamides is 1. The van der Waals surface area contributed by atoms with E-state index in [2.05, 4.69) is 9.71 Å².